The second kappa shape index (κ2) is 6.01. The van der Waals surface area contributed by atoms with Crippen LogP contribution in [0, 0.1) is 22.9 Å². The van der Waals surface area contributed by atoms with Gasteiger partial charge in [0.2, 0.25) is 0 Å². The molecule has 1 unspecified atom stereocenters. The Morgan fingerprint density at radius 2 is 1.90 bits per heavy atom. The molecule has 2 aromatic carbocycles. The molecule has 2 rings (SSSR count). The molecule has 0 radical (unpaired) electrons. The van der Waals surface area contributed by atoms with Crippen LogP contribution < -0.4 is 0 Å². The molecule has 0 aliphatic heterocycles. The minimum Gasteiger partial charge on any atom is -0.258 e. The van der Waals surface area contributed by atoms with Crippen LogP contribution >= 0.6 is 11.6 Å². The number of hydrogen-bond acceptors (Lipinski definition) is 2. The lowest BCUT2D eigenvalue weighted by Crippen LogP contribution is -1.98. The van der Waals surface area contributed by atoms with Crippen molar-refractivity contribution in [2.45, 2.75) is 18.7 Å². The molecular formula is C15H13ClFNO2. The summed E-state index contributed by atoms with van der Waals surface area (Å²) in [7, 11) is 0. The van der Waals surface area contributed by atoms with E-state index in [1.807, 2.05) is 13.0 Å². The van der Waals surface area contributed by atoms with Gasteiger partial charge in [-0.15, -0.1) is 11.6 Å². The molecule has 5 heteroatoms. The zero-order valence-corrected chi connectivity index (χ0v) is 11.6. The van der Waals surface area contributed by atoms with Crippen molar-refractivity contribution < 1.29 is 9.31 Å². The molecule has 2 aromatic rings. The fourth-order valence-corrected chi connectivity index (χ4v) is 2.33. The molecule has 0 saturated heterocycles. The minimum atomic E-state index is -0.447. The topological polar surface area (TPSA) is 43.1 Å². The van der Waals surface area contributed by atoms with Gasteiger partial charge in [0.15, 0.2) is 0 Å². The van der Waals surface area contributed by atoms with Gasteiger partial charge in [-0.3, -0.25) is 10.1 Å². The Hall–Kier alpha value is -1.94. The number of alkyl halides is 1. The largest absolute Gasteiger partial charge is 0.269 e. The van der Waals surface area contributed by atoms with Gasteiger partial charge in [-0.1, -0.05) is 18.2 Å². The van der Waals surface area contributed by atoms with E-state index in [-0.39, 0.29) is 16.9 Å². The third-order valence-electron chi connectivity index (χ3n) is 2.99. The van der Waals surface area contributed by atoms with Crippen LogP contribution in [0.5, 0.6) is 0 Å². The highest BCUT2D eigenvalue weighted by atomic mass is 35.5. The molecule has 0 aromatic heterocycles. The third kappa shape index (κ3) is 3.54. The number of benzene rings is 2. The van der Waals surface area contributed by atoms with Gasteiger partial charge in [-0.2, -0.15) is 0 Å². The quantitative estimate of drug-likeness (QED) is 0.471. The summed E-state index contributed by atoms with van der Waals surface area (Å²) in [5.74, 6) is -0.311. The molecule has 1 atom stereocenters. The summed E-state index contributed by atoms with van der Waals surface area (Å²) in [5, 5.41) is 10.2. The second-order valence-electron chi connectivity index (χ2n) is 4.66. The van der Waals surface area contributed by atoms with E-state index in [0.29, 0.717) is 12.0 Å². The van der Waals surface area contributed by atoms with Crippen molar-refractivity contribution in [2.75, 3.05) is 0 Å². The van der Waals surface area contributed by atoms with Crippen molar-refractivity contribution in [1.82, 2.24) is 0 Å². The second-order valence-corrected chi connectivity index (χ2v) is 5.18. The van der Waals surface area contributed by atoms with Gasteiger partial charge in [0.1, 0.15) is 5.82 Å². The molecule has 0 heterocycles. The molecule has 104 valence electrons. The van der Waals surface area contributed by atoms with Crippen LogP contribution in [0.3, 0.4) is 0 Å². The predicted octanol–water partition coefficient (Wildman–Crippen LogP) is 4.56. The number of rotatable bonds is 4. The monoisotopic (exact) mass is 293 g/mol. The normalized spacial score (nSPS) is 12.2. The molecule has 0 aliphatic rings. The maximum absolute atomic E-state index is 13.3. The van der Waals surface area contributed by atoms with Crippen molar-refractivity contribution in [3.05, 3.63) is 75.1 Å². The average Bonchev–Trinajstić information content (AvgIpc) is 2.38. The van der Waals surface area contributed by atoms with Gasteiger partial charge in [-0.05, 0) is 42.2 Å². The number of nitrogens with zero attached hydrogens (tertiary/aromatic N) is 1. The van der Waals surface area contributed by atoms with E-state index in [1.165, 1.54) is 24.3 Å². The fraction of sp³-hybridized carbons (Fsp3) is 0.200. The lowest BCUT2D eigenvalue weighted by Gasteiger charge is -2.11. The smallest absolute Gasteiger partial charge is 0.258 e. The molecule has 0 amide bonds. The average molecular weight is 294 g/mol. The standard InChI is InChI=1S/C15H13ClFNO2/c1-10-6-12(9-13(17)7-10)15(16)8-11-2-4-14(5-3-11)18(19)20/h2-7,9,15H,8H2,1H3. The summed E-state index contributed by atoms with van der Waals surface area (Å²) in [6.45, 7) is 1.81. The first-order valence-corrected chi connectivity index (χ1v) is 6.54. The van der Waals surface area contributed by atoms with Crippen LogP contribution in [0.15, 0.2) is 42.5 Å². The van der Waals surface area contributed by atoms with Gasteiger partial charge in [0.25, 0.3) is 5.69 Å². The summed E-state index contributed by atoms with van der Waals surface area (Å²) in [4.78, 5) is 10.1. The van der Waals surface area contributed by atoms with Crippen LogP contribution in [0.25, 0.3) is 0 Å². The van der Waals surface area contributed by atoms with Crippen molar-refractivity contribution in [3.8, 4) is 0 Å². The van der Waals surface area contributed by atoms with Crippen LogP contribution in [0.1, 0.15) is 22.1 Å². The number of non-ortho nitro benzene ring substituents is 1. The molecule has 0 saturated carbocycles. The zero-order valence-electron chi connectivity index (χ0n) is 10.8. The summed E-state index contributed by atoms with van der Waals surface area (Å²) < 4.78 is 13.3. The highest BCUT2D eigenvalue weighted by Crippen LogP contribution is 2.27. The minimum absolute atomic E-state index is 0.0430. The number of nitro groups is 1. The molecule has 0 fully saturated rings. The molecule has 3 nitrogen and oxygen atoms in total. The fourth-order valence-electron chi connectivity index (χ4n) is 2.02. The van der Waals surface area contributed by atoms with E-state index in [1.54, 1.807) is 12.1 Å². The van der Waals surface area contributed by atoms with Gasteiger partial charge in [0, 0.05) is 12.1 Å². The first-order valence-electron chi connectivity index (χ1n) is 6.10. The molecule has 0 bridgehead atoms. The number of aryl methyl sites for hydroxylation is 1. The van der Waals surface area contributed by atoms with Crippen LogP contribution in [-0.2, 0) is 6.42 Å². The molecule has 0 N–H and O–H groups in total. The van der Waals surface area contributed by atoms with E-state index in [0.717, 1.165) is 11.1 Å². The van der Waals surface area contributed by atoms with Crippen molar-refractivity contribution >= 4 is 17.3 Å². The molecular weight excluding hydrogens is 281 g/mol. The van der Waals surface area contributed by atoms with Crippen molar-refractivity contribution in [1.29, 1.82) is 0 Å². The maximum Gasteiger partial charge on any atom is 0.269 e. The summed E-state index contributed by atoms with van der Waals surface area (Å²) in [6, 6.07) is 10.9. The SMILES string of the molecule is Cc1cc(F)cc(C(Cl)Cc2ccc([N+](=O)[O-])cc2)c1. The van der Waals surface area contributed by atoms with E-state index in [9.17, 15) is 14.5 Å². The summed E-state index contributed by atoms with van der Waals surface area (Å²) in [6.07, 6.45) is 0.489. The van der Waals surface area contributed by atoms with Crippen LogP contribution in [0.4, 0.5) is 10.1 Å². The highest BCUT2D eigenvalue weighted by molar-refractivity contribution is 6.20. The maximum atomic E-state index is 13.3. The summed E-state index contributed by atoms with van der Waals surface area (Å²) >= 11 is 6.29. The Labute approximate surface area is 121 Å². The Bertz CT molecular complexity index is 608. The van der Waals surface area contributed by atoms with E-state index in [4.69, 9.17) is 11.6 Å². The van der Waals surface area contributed by atoms with E-state index in [2.05, 4.69) is 0 Å². The lowest BCUT2D eigenvalue weighted by atomic mass is 10.0. The van der Waals surface area contributed by atoms with Gasteiger partial charge < -0.3 is 0 Å². The van der Waals surface area contributed by atoms with Crippen LogP contribution in [0.2, 0.25) is 0 Å². The number of nitro benzene ring substituents is 1. The number of hydrogen-bond donors (Lipinski definition) is 0. The van der Waals surface area contributed by atoms with Crippen molar-refractivity contribution in [3.63, 3.8) is 0 Å². The van der Waals surface area contributed by atoms with Gasteiger partial charge in [-0.25, -0.2) is 4.39 Å². The highest BCUT2D eigenvalue weighted by Gasteiger charge is 2.12. The van der Waals surface area contributed by atoms with E-state index < -0.39 is 4.92 Å². The first kappa shape index (κ1) is 14.5. The Morgan fingerprint density at radius 1 is 1.25 bits per heavy atom. The summed E-state index contributed by atoms with van der Waals surface area (Å²) in [5.41, 5.74) is 2.44. The lowest BCUT2D eigenvalue weighted by molar-refractivity contribution is -0.384. The van der Waals surface area contributed by atoms with Crippen molar-refractivity contribution in [2.24, 2.45) is 0 Å². The predicted molar refractivity (Wildman–Crippen MR) is 76.5 cm³/mol. The Morgan fingerprint density at radius 3 is 2.45 bits per heavy atom. The first-order chi connectivity index (χ1) is 9.45. The number of halogens is 2. The molecule has 20 heavy (non-hydrogen) atoms. The third-order valence-corrected chi connectivity index (χ3v) is 3.39. The van der Waals surface area contributed by atoms with Gasteiger partial charge in [0.05, 0.1) is 10.3 Å². The van der Waals surface area contributed by atoms with Gasteiger partial charge >= 0.3 is 0 Å². The van der Waals surface area contributed by atoms with E-state index >= 15 is 0 Å². The Balaban J connectivity index is 2.14. The Kier molecular flexibility index (Phi) is 4.35. The van der Waals surface area contributed by atoms with Crippen LogP contribution in [-0.4, -0.2) is 4.92 Å². The molecule has 0 spiro atoms. The molecule has 0 aliphatic carbocycles. The zero-order chi connectivity index (χ0) is 14.7.